The number of aromatic nitrogens is 3. The van der Waals surface area contributed by atoms with Gasteiger partial charge >= 0.3 is 5.97 Å². The largest absolute Gasteiger partial charge is 0.504 e. The molecule has 0 spiro atoms. The average Bonchev–Trinajstić information content (AvgIpc) is 3.02. The van der Waals surface area contributed by atoms with E-state index in [2.05, 4.69) is 15.4 Å². The van der Waals surface area contributed by atoms with Gasteiger partial charge in [-0.2, -0.15) is 10.1 Å². The van der Waals surface area contributed by atoms with Gasteiger partial charge in [-0.25, -0.2) is 9.48 Å². The molecule has 0 saturated carbocycles. The number of phenols is 1. The third-order valence-corrected chi connectivity index (χ3v) is 3.81. The molecule has 2 aromatic rings. The van der Waals surface area contributed by atoms with Gasteiger partial charge in [0.15, 0.2) is 11.5 Å². The Hall–Kier alpha value is -3.03. The summed E-state index contributed by atoms with van der Waals surface area (Å²) in [5.74, 6) is 0.430. The molecule has 1 atom stereocenters. The first-order chi connectivity index (χ1) is 11.6. The summed E-state index contributed by atoms with van der Waals surface area (Å²) in [5, 5.41) is 17.1. The maximum Gasteiger partial charge on any atom is 0.338 e. The normalized spacial score (nSPS) is 16.4. The van der Waals surface area contributed by atoms with Crippen molar-refractivity contribution in [3.05, 3.63) is 41.4 Å². The smallest absolute Gasteiger partial charge is 0.338 e. The van der Waals surface area contributed by atoms with E-state index in [0.29, 0.717) is 23.0 Å². The van der Waals surface area contributed by atoms with Crippen molar-refractivity contribution in [1.82, 2.24) is 14.8 Å². The summed E-state index contributed by atoms with van der Waals surface area (Å²) >= 11 is 0. The van der Waals surface area contributed by atoms with Gasteiger partial charge in [0.1, 0.15) is 12.4 Å². The molecule has 0 bridgehead atoms. The predicted molar refractivity (Wildman–Crippen MR) is 85.8 cm³/mol. The van der Waals surface area contributed by atoms with E-state index in [9.17, 15) is 9.90 Å². The number of nitrogens with zero attached hydrogens (tertiary/aromatic N) is 3. The number of hydrogen-bond donors (Lipinski definition) is 2. The Balaban J connectivity index is 2.16. The molecule has 1 aromatic carbocycles. The molecule has 2 N–H and O–H groups in total. The van der Waals surface area contributed by atoms with E-state index in [1.165, 1.54) is 19.5 Å². The monoisotopic (exact) mass is 330 g/mol. The number of rotatable bonds is 4. The summed E-state index contributed by atoms with van der Waals surface area (Å²) in [6.45, 7) is 3.81. The predicted octanol–water partition coefficient (Wildman–Crippen LogP) is 1.84. The van der Waals surface area contributed by atoms with E-state index in [1.54, 1.807) is 30.7 Å². The summed E-state index contributed by atoms with van der Waals surface area (Å²) in [7, 11) is 1.47. The molecule has 0 fully saturated rings. The zero-order valence-electron chi connectivity index (χ0n) is 13.6. The number of ether oxygens (including phenoxy) is 2. The van der Waals surface area contributed by atoms with Crippen LogP contribution in [0.15, 0.2) is 35.8 Å². The number of phenolic OH excluding ortho intramolecular Hbond substituents is 1. The molecule has 24 heavy (non-hydrogen) atoms. The van der Waals surface area contributed by atoms with Crippen molar-refractivity contribution < 1.29 is 19.4 Å². The number of carbonyl (C=O) groups excluding carboxylic acids is 1. The molecule has 8 nitrogen and oxygen atoms in total. The molecule has 126 valence electrons. The van der Waals surface area contributed by atoms with Gasteiger partial charge < -0.3 is 19.9 Å². The number of esters is 1. The first-order valence-corrected chi connectivity index (χ1v) is 7.48. The van der Waals surface area contributed by atoms with Crippen molar-refractivity contribution in [3.63, 3.8) is 0 Å². The van der Waals surface area contributed by atoms with Crippen LogP contribution >= 0.6 is 0 Å². The lowest BCUT2D eigenvalue weighted by molar-refractivity contribution is -0.139. The van der Waals surface area contributed by atoms with Crippen molar-refractivity contribution in [2.24, 2.45) is 0 Å². The van der Waals surface area contributed by atoms with Gasteiger partial charge in [0.2, 0.25) is 5.95 Å². The summed E-state index contributed by atoms with van der Waals surface area (Å²) in [6.07, 6.45) is 1.41. The number of allylic oxidation sites excluding steroid dienone is 1. The molecule has 3 rings (SSSR count). The number of benzene rings is 1. The van der Waals surface area contributed by atoms with Crippen molar-refractivity contribution in [3.8, 4) is 11.5 Å². The van der Waals surface area contributed by atoms with E-state index in [0.717, 1.165) is 5.56 Å². The highest BCUT2D eigenvalue weighted by Gasteiger charge is 2.34. The van der Waals surface area contributed by atoms with E-state index in [1.807, 2.05) is 0 Å². The second-order valence-electron chi connectivity index (χ2n) is 5.25. The second-order valence-corrected chi connectivity index (χ2v) is 5.25. The van der Waals surface area contributed by atoms with Crippen molar-refractivity contribution >= 4 is 11.9 Å². The average molecular weight is 330 g/mol. The van der Waals surface area contributed by atoms with Crippen LogP contribution in [0.4, 0.5) is 5.95 Å². The first kappa shape index (κ1) is 15.9. The van der Waals surface area contributed by atoms with Gasteiger partial charge in [-0.15, -0.1) is 0 Å². The lowest BCUT2D eigenvalue weighted by atomic mass is 9.95. The topological polar surface area (TPSA) is 98.5 Å². The van der Waals surface area contributed by atoms with Gasteiger partial charge in [-0.05, 0) is 31.5 Å². The highest BCUT2D eigenvalue weighted by Crippen LogP contribution is 2.38. The molecular formula is C16H18N4O4. The van der Waals surface area contributed by atoms with Gasteiger partial charge in [-0.3, -0.25) is 0 Å². The van der Waals surface area contributed by atoms with Crippen molar-refractivity contribution in [1.29, 1.82) is 0 Å². The molecule has 0 amide bonds. The summed E-state index contributed by atoms with van der Waals surface area (Å²) < 4.78 is 12.0. The second kappa shape index (κ2) is 6.23. The maximum atomic E-state index is 12.5. The fourth-order valence-electron chi connectivity index (χ4n) is 2.74. The number of carbonyl (C=O) groups is 1. The number of hydrogen-bond acceptors (Lipinski definition) is 7. The van der Waals surface area contributed by atoms with Crippen LogP contribution in [-0.2, 0) is 9.53 Å². The third kappa shape index (κ3) is 2.55. The van der Waals surface area contributed by atoms with Crippen LogP contribution in [-0.4, -0.2) is 39.6 Å². The van der Waals surface area contributed by atoms with Crippen LogP contribution in [0.25, 0.3) is 0 Å². The SMILES string of the molecule is CCOC(=O)C1=C(C)Nc2ncnn2C1c1ccc(O)c(OC)c1. The Labute approximate surface area is 138 Å². The number of methoxy groups -OCH3 is 1. The number of anilines is 1. The molecule has 1 aliphatic heterocycles. The maximum absolute atomic E-state index is 12.5. The van der Waals surface area contributed by atoms with Crippen LogP contribution in [0.2, 0.25) is 0 Å². The number of fused-ring (bicyclic) bond motifs is 1. The highest BCUT2D eigenvalue weighted by molar-refractivity contribution is 5.92. The van der Waals surface area contributed by atoms with Crippen molar-refractivity contribution in [2.75, 3.05) is 19.0 Å². The Kier molecular flexibility index (Phi) is 4.11. The minimum absolute atomic E-state index is 0.0207. The highest BCUT2D eigenvalue weighted by atomic mass is 16.5. The van der Waals surface area contributed by atoms with Gasteiger partial charge in [0, 0.05) is 5.70 Å². The fraction of sp³-hybridized carbons (Fsp3) is 0.312. The Morgan fingerprint density at radius 3 is 2.96 bits per heavy atom. The zero-order valence-corrected chi connectivity index (χ0v) is 13.6. The van der Waals surface area contributed by atoms with E-state index in [4.69, 9.17) is 9.47 Å². The molecular weight excluding hydrogens is 312 g/mol. The van der Waals surface area contributed by atoms with Crippen LogP contribution in [0.1, 0.15) is 25.5 Å². The lowest BCUT2D eigenvalue weighted by Crippen LogP contribution is -2.29. The third-order valence-electron chi connectivity index (χ3n) is 3.81. The van der Waals surface area contributed by atoms with E-state index >= 15 is 0 Å². The molecule has 2 heterocycles. The zero-order chi connectivity index (χ0) is 17.3. The minimum Gasteiger partial charge on any atom is -0.504 e. The molecule has 1 unspecified atom stereocenters. The minimum atomic E-state index is -0.530. The molecule has 0 saturated heterocycles. The van der Waals surface area contributed by atoms with Gasteiger partial charge in [-0.1, -0.05) is 6.07 Å². The Bertz CT molecular complexity index is 812. The van der Waals surface area contributed by atoms with Crippen LogP contribution in [0.5, 0.6) is 11.5 Å². The molecule has 1 aromatic heterocycles. The Morgan fingerprint density at radius 1 is 1.46 bits per heavy atom. The van der Waals surface area contributed by atoms with E-state index in [-0.39, 0.29) is 12.4 Å². The first-order valence-electron chi connectivity index (χ1n) is 7.48. The van der Waals surface area contributed by atoms with Crippen LogP contribution in [0, 0.1) is 0 Å². The molecule has 0 radical (unpaired) electrons. The van der Waals surface area contributed by atoms with Gasteiger partial charge in [0.05, 0.1) is 19.3 Å². The van der Waals surface area contributed by atoms with Crippen LogP contribution in [0.3, 0.4) is 0 Å². The lowest BCUT2D eigenvalue weighted by Gasteiger charge is -2.28. The fourth-order valence-corrected chi connectivity index (χ4v) is 2.74. The summed E-state index contributed by atoms with van der Waals surface area (Å²) in [4.78, 5) is 16.6. The summed E-state index contributed by atoms with van der Waals surface area (Å²) in [5.41, 5.74) is 1.80. The Morgan fingerprint density at radius 2 is 2.25 bits per heavy atom. The molecule has 1 aliphatic rings. The van der Waals surface area contributed by atoms with Crippen LogP contribution < -0.4 is 10.1 Å². The van der Waals surface area contributed by atoms with Gasteiger partial charge in [0.25, 0.3) is 0 Å². The summed E-state index contributed by atoms with van der Waals surface area (Å²) in [6, 6.07) is 4.37. The quantitative estimate of drug-likeness (QED) is 0.825. The number of nitrogens with one attached hydrogen (secondary N) is 1. The molecule has 8 heteroatoms. The standard InChI is InChI=1S/C16H18N4O4/c1-4-24-15(22)13-9(2)19-16-17-8-18-20(16)14(13)10-5-6-11(21)12(7-10)23-3/h5-8,14,21H,4H2,1-3H3,(H,17,18,19). The van der Waals surface area contributed by atoms with E-state index < -0.39 is 12.0 Å². The number of aromatic hydroxyl groups is 1. The van der Waals surface area contributed by atoms with Crippen molar-refractivity contribution in [2.45, 2.75) is 19.9 Å². The molecule has 0 aliphatic carbocycles.